The SMILES string of the molecule is CNC(CN(CCOC)C(C)C)c1ccccc1C. The van der Waals surface area contributed by atoms with Gasteiger partial charge < -0.3 is 10.1 Å². The second-order valence-electron chi connectivity index (χ2n) is 5.28. The van der Waals surface area contributed by atoms with Gasteiger partial charge in [-0.15, -0.1) is 0 Å². The van der Waals surface area contributed by atoms with Crippen LogP contribution in [0.25, 0.3) is 0 Å². The number of benzene rings is 1. The van der Waals surface area contributed by atoms with Gasteiger partial charge in [-0.2, -0.15) is 0 Å². The summed E-state index contributed by atoms with van der Waals surface area (Å²) < 4.78 is 5.21. The maximum atomic E-state index is 5.21. The standard InChI is InChI=1S/C16H28N2O/c1-13(2)18(10-11-19-5)12-16(17-4)15-9-7-6-8-14(15)3/h6-9,13,16-17H,10-12H2,1-5H3. The molecule has 0 amide bonds. The van der Waals surface area contributed by atoms with Crippen molar-refractivity contribution < 1.29 is 4.74 Å². The van der Waals surface area contributed by atoms with Gasteiger partial charge in [0.25, 0.3) is 0 Å². The molecular weight excluding hydrogens is 236 g/mol. The molecule has 0 aromatic heterocycles. The molecule has 0 fully saturated rings. The van der Waals surface area contributed by atoms with E-state index in [1.165, 1.54) is 11.1 Å². The van der Waals surface area contributed by atoms with Crippen LogP contribution in [0.15, 0.2) is 24.3 Å². The summed E-state index contributed by atoms with van der Waals surface area (Å²) in [6.07, 6.45) is 0. The first-order valence-electron chi connectivity index (χ1n) is 7.06. The van der Waals surface area contributed by atoms with Crippen molar-refractivity contribution in [3.63, 3.8) is 0 Å². The summed E-state index contributed by atoms with van der Waals surface area (Å²) in [5.74, 6) is 0. The highest BCUT2D eigenvalue weighted by Crippen LogP contribution is 2.19. The molecular formula is C16H28N2O. The molecule has 0 aliphatic carbocycles. The second kappa shape index (κ2) is 8.31. The number of nitrogens with one attached hydrogen (secondary N) is 1. The number of aryl methyl sites for hydroxylation is 1. The Labute approximate surface area is 118 Å². The van der Waals surface area contributed by atoms with Crippen LogP contribution >= 0.6 is 0 Å². The monoisotopic (exact) mass is 264 g/mol. The summed E-state index contributed by atoms with van der Waals surface area (Å²) in [7, 11) is 3.79. The highest BCUT2D eigenvalue weighted by Gasteiger charge is 2.17. The Morgan fingerprint density at radius 1 is 1.26 bits per heavy atom. The number of hydrogen-bond acceptors (Lipinski definition) is 3. The number of rotatable bonds is 8. The van der Waals surface area contributed by atoms with Crippen molar-refractivity contribution in [1.29, 1.82) is 0 Å². The van der Waals surface area contributed by atoms with Crippen LogP contribution in [0.3, 0.4) is 0 Å². The normalized spacial score (nSPS) is 13.2. The van der Waals surface area contributed by atoms with E-state index in [0.717, 1.165) is 19.7 Å². The van der Waals surface area contributed by atoms with E-state index in [1.54, 1.807) is 7.11 Å². The lowest BCUT2D eigenvalue weighted by molar-refractivity contribution is 0.122. The quantitative estimate of drug-likeness (QED) is 0.781. The van der Waals surface area contributed by atoms with E-state index in [2.05, 4.69) is 55.3 Å². The molecule has 1 atom stereocenters. The molecule has 1 N–H and O–H groups in total. The van der Waals surface area contributed by atoms with Crippen LogP contribution in [0, 0.1) is 6.92 Å². The molecule has 0 heterocycles. The van der Waals surface area contributed by atoms with Crippen molar-refractivity contribution in [2.45, 2.75) is 32.9 Å². The molecule has 1 aromatic carbocycles. The van der Waals surface area contributed by atoms with E-state index in [4.69, 9.17) is 4.74 Å². The Hall–Kier alpha value is -0.900. The summed E-state index contributed by atoms with van der Waals surface area (Å²) in [5, 5.41) is 3.44. The average Bonchev–Trinajstić information content (AvgIpc) is 2.40. The maximum absolute atomic E-state index is 5.21. The minimum absolute atomic E-state index is 0.362. The van der Waals surface area contributed by atoms with Gasteiger partial charge in [0.1, 0.15) is 0 Å². The van der Waals surface area contributed by atoms with Crippen LogP contribution in [0.4, 0.5) is 0 Å². The molecule has 0 saturated heterocycles. The van der Waals surface area contributed by atoms with Crippen molar-refractivity contribution in [3.05, 3.63) is 35.4 Å². The predicted molar refractivity (Wildman–Crippen MR) is 81.6 cm³/mol. The third kappa shape index (κ3) is 4.94. The molecule has 1 aromatic rings. The zero-order chi connectivity index (χ0) is 14.3. The van der Waals surface area contributed by atoms with Crippen molar-refractivity contribution in [2.24, 2.45) is 0 Å². The Morgan fingerprint density at radius 3 is 2.47 bits per heavy atom. The van der Waals surface area contributed by atoms with Gasteiger partial charge in [-0.1, -0.05) is 24.3 Å². The van der Waals surface area contributed by atoms with E-state index in [0.29, 0.717) is 12.1 Å². The number of ether oxygens (including phenoxy) is 1. The molecule has 0 aliphatic heterocycles. The lowest BCUT2D eigenvalue weighted by Gasteiger charge is -2.31. The number of methoxy groups -OCH3 is 1. The first-order chi connectivity index (χ1) is 9.10. The van der Waals surface area contributed by atoms with Gasteiger partial charge in [0, 0.05) is 32.3 Å². The lowest BCUT2D eigenvalue weighted by atomic mass is 10.0. The van der Waals surface area contributed by atoms with E-state index in [9.17, 15) is 0 Å². The molecule has 3 nitrogen and oxygen atoms in total. The molecule has 3 heteroatoms. The average molecular weight is 264 g/mol. The largest absolute Gasteiger partial charge is 0.383 e. The summed E-state index contributed by atoms with van der Waals surface area (Å²) >= 11 is 0. The second-order valence-corrected chi connectivity index (χ2v) is 5.28. The number of likely N-dealkylation sites (N-methyl/N-ethyl adjacent to an activating group) is 1. The van der Waals surface area contributed by atoms with Crippen LogP contribution in [0.2, 0.25) is 0 Å². The van der Waals surface area contributed by atoms with Gasteiger partial charge in [-0.25, -0.2) is 0 Å². The fourth-order valence-corrected chi connectivity index (χ4v) is 2.33. The fraction of sp³-hybridized carbons (Fsp3) is 0.625. The topological polar surface area (TPSA) is 24.5 Å². The minimum Gasteiger partial charge on any atom is -0.383 e. The highest BCUT2D eigenvalue weighted by molar-refractivity contribution is 5.29. The van der Waals surface area contributed by atoms with Crippen molar-refractivity contribution in [3.8, 4) is 0 Å². The molecule has 0 spiro atoms. The minimum atomic E-state index is 0.362. The molecule has 0 bridgehead atoms. The zero-order valence-corrected chi connectivity index (χ0v) is 12.9. The first kappa shape index (κ1) is 16.2. The van der Waals surface area contributed by atoms with Gasteiger partial charge in [-0.05, 0) is 38.9 Å². The number of nitrogens with zero attached hydrogens (tertiary/aromatic N) is 1. The summed E-state index contributed by atoms with van der Waals surface area (Å²) in [6.45, 7) is 9.40. The Morgan fingerprint density at radius 2 is 1.95 bits per heavy atom. The van der Waals surface area contributed by atoms with Crippen LogP contribution < -0.4 is 5.32 Å². The molecule has 0 aliphatic rings. The summed E-state index contributed by atoms with van der Waals surface area (Å²) in [4.78, 5) is 2.46. The smallest absolute Gasteiger partial charge is 0.0589 e. The zero-order valence-electron chi connectivity index (χ0n) is 12.9. The van der Waals surface area contributed by atoms with E-state index < -0.39 is 0 Å². The molecule has 0 radical (unpaired) electrons. The highest BCUT2D eigenvalue weighted by atomic mass is 16.5. The molecule has 108 valence electrons. The van der Waals surface area contributed by atoms with Crippen LogP contribution in [-0.2, 0) is 4.74 Å². The third-order valence-electron chi connectivity index (χ3n) is 3.64. The van der Waals surface area contributed by atoms with Gasteiger partial charge in [0.2, 0.25) is 0 Å². The van der Waals surface area contributed by atoms with Gasteiger partial charge in [0.15, 0.2) is 0 Å². The maximum Gasteiger partial charge on any atom is 0.0589 e. The third-order valence-corrected chi connectivity index (χ3v) is 3.64. The Kier molecular flexibility index (Phi) is 7.06. The van der Waals surface area contributed by atoms with Crippen molar-refractivity contribution >= 4 is 0 Å². The Bertz CT molecular complexity index is 366. The summed E-state index contributed by atoms with van der Waals surface area (Å²) in [6, 6.07) is 9.48. The Balaban J connectivity index is 2.76. The van der Waals surface area contributed by atoms with Crippen molar-refractivity contribution in [1.82, 2.24) is 10.2 Å². The predicted octanol–water partition coefficient (Wildman–Crippen LogP) is 2.61. The molecule has 19 heavy (non-hydrogen) atoms. The van der Waals surface area contributed by atoms with Gasteiger partial charge in [-0.3, -0.25) is 4.90 Å². The van der Waals surface area contributed by atoms with Gasteiger partial charge >= 0.3 is 0 Å². The van der Waals surface area contributed by atoms with E-state index in [1.807, 2.05) is 7.05 Å². The van der Waals surface area contributed by atoms with Gasteiger partial charge in [0.05, 0.1) is 6.61 Å². The fourth-order valence-electron chi connectivity index (χ4n) is 2.33. The first-order valence-corrected chi connectivity index (χ1v) is 7.06. The van der Waals surface area contributed by atoms with E-state index >= 15 is 0 Å². The van der Waals surface area contributed by atoms with Crippen LogP contribution in [-0.4, -0.2) is 44.8 Å². The van der Waals surface area contributed by atoms with Crippen LogP contribution in [0.5, 0.6) is 0 Å². The molecule has 1 rings (SSSR count). The molecule has 1 unspecified atom stereocenters. The lowest BCUT2D eigenvalue weighted by Crippen LogP contribution is -2.40. The molecule has 0 saturated carbocycles. The van der Waals surface area contributed by atoms with E-state index in [-0.39, 0.29) is 0 Å². The van der Waals surface area contributed by atoms with Crippen molar-refractivity contribution in [2.75, 3.05) is 33.9 Å². The van der Waals surface area contributed by atoms with Crippen LogP contribution in [0.1, 0.15) is 31.0 Å². The number of hydrogen-bond donors (Lipinski definition) is 1. The summed E-state index contributed by atoms with van der Waals surface area (Å²) in [5.41, 5.74) is 2.73.